The van der Waals surface area contributed by atoms with Gasteiger partial charge in [-0.25, -0.2) is 4.68 Å². The zero-order valence-corrected chi connectivity index (χ0v) is 12.9. The Bertz CT molecular complexity index is 818. The molecule has 0 bridgehead atoms. The van der Waals surface area contributed by atoms with E-state index in [1.165, 1.54) is 0 Å². The molecular formula is C17H14N4S. The zero-order valence-electron chi connectivity index (χ0n) is 12.1. The average molecular weight is 306 g/mol. The molecule has 5 heteroatoms. The van der Waals surface area contributed by atoms with Crippen molar-refractivity contribution in [1.29, 1.82) is 5.26 Å². The van der Waals surface area contributed by atoms with E-state index in [2.05, 4.69) is 22.4 Å². The molecular weight excluding hydrogens is 292 g/mol. The van der Waals surface area contributed by atoms with Crippen molar-refractivity contribution in [2.75, 3.05) is 6.26 Å². The summed E-state index contributed by atoms with van der Waals surface area (Å²) >= 11 is 1.67. The highest BCUT2D eigenvalue weighted by Crippen LogP contribution is 2.21. The molecule has 0 unspecified atom stereocenters. The molecule has 0 aliphatic carbocycles. The summed E-state index contributed by atoms with van der Waals surface area (Å²) in [7, 11) is 0. The van der Waals surface area contributed by atoms with Crippen molar-refractivity contribution in [3.05, 3.63) is 71.5 Å². The Morgan fingerprint density at radius 2 is 1.95 bits per heavy atom. The van der Waals surface area contributed by atoms with Gasteiger partial charge in [0.15, 0.2) is 5.69 Å². The molecule has 2 aromatic carbocycles. The summed E-state index contributed by atoms with van der Waals surface area (Å²) in [5.74, 6) is 0. The Balaban J connectivity index is 2.05. The monoisotopic (exact) mass is 306 g/mol. The van der Waals surface area contributed by atoms with E-state index in [1.807, 2.05) is 54.8 Å². The number of rotatable bonds is 4. The minimum atomic E-state index is 0.374. The highest BCUT2D eigenvalue weighted by atomic mass is 32.2. The SMILES string of the molecule is CSc1cccc(-n2nnc(C#N)c2Cc2ccccc2)c1. The molecule has 0 radical (unpaired) electrons. The van der Waals surface area contributed by atoms with Gasteiger partial charge in [-0.15, -0.1) is 16.9 Å². The van der Waals surface area contributed by atoms with Crippen molar-refractivity contribution in [3.8, 4) is 11.8 Å². The van der Waals surface area contributed by atoms with E-state index in [0.29, 0.717) is 12.1 Å². The van der Waals surface area contributed by atoms with Gasteiger partial charge < -0.3 is 0 Å². The number of aromatic nitrogens is 3. The summed E-state index contributed by atoms with van der Waals surface area (Å²) in [5.41, 5.74) is 3.24. The van der Waals surface area contributed by atoms with Gasteiger partial charge in [0.2, 0.25) is 0 Å². The lowest BCUT2D eigenvalue weighted by molar-refractivity contribution is 0.771. The van der Waals surface area contributed by atoms with Crippen LogP contribution in [0.15, 0.2) is 59.5 Å². The molecule has 0 aliphatic rings. The molecule has 0 fully saturated rings. The predicted octanol–water partition coefficient (Wildman–Crippen LogP) is 3.45. The van der Waals surface area contributed by atoms with Crippen LogP contribution in [0.5, 0.6) is 0 Å². The summed E-state index contributed by atoms with van der Waals surface area (Å²) in [4.78, 5) is 1.15. The largest absolute Gasteiger partial charge is 0.216 e. The summed E-state index contributed by atoms with van der Waals surface area (Å²) in [6, 6.07) is 20.2. The highest BCUT2D eigenvalue weighted by Gasteiger charge is 2.14. The van der Waals surface area contributed by atoms with Crippen molar-refractivity contribution in [3.63, 3.8) is 0 Å². The van der Waals surface area contributed by atoms with Crippen molar-refractivity contribution in [2.45, 2.75) is 11.3 Å². The number of thioether (sulfide) groups is 1. The Morgan fingerprint density at radius 1 is 1.14 bits per heavy atom. The number of hydrogen-bond donors (Lipinski definition) is 0. The smallest absolute Gasteiger partial charge is 0.186 e. The van der Waals surface area contributed by atoms with E-state index >= 15 is 0 Å². The van der Waals surface area contributed by atoms with Crippen molar-refractivity contribution >= 4 is 11.8 Å². The molecule has 0 saturated heterocycles. The van der Waals surface area contributed by atoms with Crippen LogP contribution in [-0.4, -0.2) is 21.2 Å². The Labute approximate surface area is 133 Å². The van der Waals surface area contributed by atoms with Crippen molar-refractivity contribution < 1.29 is 0 Å². The highest BCUT2D eigenvalue weighted by molar-refractivity contribution is 7.98. The Kier molecular flexibility index (Phi) is 4.22. The van der Waals surface area contributed by atoms with E-state index in [1.54, 1.807) is 16.4 Å². The van der Waals surface area contributed by atoms with Crippen LogP contribution in [0.4, 0.5) is 0 Å². The van der Waals surface area contributed by atoms with Crippen LogP contribution in [0.3, 0.4) is 0 Å². The molecule has 1 aromatic heterocycles. The number of nitriles is 1. The van der Waals surface area contributed by atoms with E-state index in [9.17, 15) is 5.26 Å². The topological polar surface area (TPSA) is 54.5 Å². The van der Waals surface area contributed by atoms with Crippen LogP contribution in [-0.2, 0) is 6.42 Å². The lowest BCUT2D eigenvalue weighted by Gasteiger charge is -2.08. The number of benzene rings is 2. The molecule has 0 spiro atoms. The molecule has 0 atom stereocenters. The third-order valence-corrected chi connectivity index (χ3v) is 4.11. The fourth-order valence-corrected chi connectivity index (χ4v) is 2.74. The summed E-state index contributed by atoms with van der Waals surface area (Å²) < 4.78 is 1.76. The molecule has 1 heterocycles. The van der Waals surface area contributed by atoms with E-state index in [0.717, 1.165) is 21.8 Å². The Morgan fingerprint density at radius 3 is 2.68 bits per heavy atom. The standard InChI is InChI=1S/C17H14N4S/c1-22-15-9-5-8-14(11-15)21-17(16(12-18)19-20-21)10-13-6-3-2-4-7-13/h2-9,11H,10H2,1H3. The maximum Gasteiger partial charge on any atom is 0.186 e. The van der Waals surface area contributed by atoms with Crippen LogP contribution in [0, 0.1) is 11.3 Å². The van der Waals surface area contributed by atoms with Gasteiger partial charge in [-0.1, -0.05) is 41.6 Å². The average Bonchev–Trinajstić information content (AvgIpc) is 2.98. The van der Waals surface area contributed by atoms with Gasteiger partial charge in [-0.05, 0) is 30.0 Å². The quantitative estimate of drug-likeness (QED) is 0.693. The van der Waals surface area contributed by atoms with E-state index < -0.39 is 0 Å². The van der Waals surface area contributed by atoms with Crippen molar-refractivity contribution in [1.82, 2.24) is 15.0 Å². The van der Waals surface area contributed by atoms with E-state index in [4.69, 9.17) is 0 Å². The van der Waals surface area contributed by atoms with Crippen LogP contribution >= 0.6 is 11.8 Å². The summed E-state index contributed by atoms with van der Waals surface area (Å²) in [5, 5.41) is 17.5. The second kappa shape index (κ2) is 6.46. The summed E-state index contributed by atoms with van der Waals surface area (Å²) in [6.45, 7) is 0. The minimum absolute atomic E-state index is 0.374. The molecule has 3 aromatic rings. The van der Waals surface area contributed by atoms with Gasteiger partial charge in [-0.3, -0.25) is 0 Å². The minimum Gasteiger partial charge on any atom is -0.216 e. The lowest BCUT2D eigenvalue weighted by Crippen LogP contribution is -2.04. The number of nitrogens with zero attached hydrogens (tertiary/aromatic N) is 4. The first-order valence-electron chi connectivity index (χ1n) is 6.85. The predicted molar refractivity (Wildman–Crippen MR) is 87.1 cm³/mol. The Hall–Kier alpha value is -2.58. The maximum atomic E-state index is 9.29. The first-order chi connectivity index (χ1) is 10.8. The van der Waals surface area contributed by atoms with Crippen LogP contribution < -0.4 is 0 Å². The second-order valence-electron chi connectivity index (χ2n) is 4.77. The van der Waals surface area contributed by atoms with Crippen LogP contribution in [0.1, 0.15) is 17.0 Å². The third kappa shape index (κ3) is 2.87. The van der Waals surface area contributed by atoms with Crippen LogP contribution in [0.25, 0.3) is 5.69 Å². The zero-order chi connectivity index (χ0) is 15.4. The molecule has 0 N–H and O–H groups in total. The van der Waals surface area contributed by atoms with Crippen molar-refractivity contribution in [2.24, 2.45) is 0 Å². The fourth-order valence-electron chi connectivity index (χ4n) is 2.29. The molecule has 0 saturated carbocycles. The molecule has 4 nitrogen and oxygen atoms in total. The van der Waals surface area contributed by atoms with Crippen LogP contribution in [0.2, 0.25) is 0 Å². The molecule has 108 valence electrons. The molecule has 0 amide bonds. The van der Waals surface area contributed by atoms with Gasteiger partial charge in [0.05, 0.1) is 11.4 Å². The summed E-state index contributed by atoms with van der Waals surface area (Å²) in [6.07, 6.45) is 2.66. The second-order valence-corrected chi connectivity index (χ2v) is 5.65. The first kappa shape index (κ1) is 14.4. The molecule has 0 aliphatic heterocycles. The normalized spacial score (nSPS) is 10.4. The number of hydrogen-bond acceptors (Lipinski definition) is 4. The fraction of sp³-hybridized carbons (Fsp3) is 0.118. The third-order valence-electron chi connectivity index (χ3n) is 3.38. The van der Waals surface area contributed by atoms with Gasteiger partial charge in [0, 0.05) is 11.3 Å². The van der Waals surface area contributed by atoms with Gasteiger partial charge >= 0.3 is 0 Å². The lowest BCUT2D eigenvalue weighted by atomic mass is 10.1. The van der Waals surface area contributed by atoms with Gasteiger partial charge in [0.25, 0.3) is 0 Å². The van der Waals surface area contributed by atoms with Gasteiger partial charge in [0.1, 0.15) is 6.07 Å². The van der Waals surface area contributed by atoms with E-state index in [-0.39, 0.29) is 0 Å². The first-order valence-corrected chi connectivity index (χ1v) is 8.07. The molecule has 3 rings (SSSR count). The maximum absolute atomic E-state index is 9.29. The molecule has 22 heavy (non-hydrogen) atoms. The van der Waals surface area contributed by atoms with Gasteiger partial charge in [-0.2, -0.15) is 5.26 Å².